The van der Waals surface area contributed by atoms with Crippen molar-refractivity contribution in [1.29, 1.82) is 0 Å². The summed E-state index contributed by atoms with van der Waals surface area (Å²) < 4.78 is 7.30. The Morgan fingerprint density at radius 3 is 2.35 bits per heavy atom. The maximum absolute atomic E-state index is 14.1. The van der Waals surface area contributed by atoms with E-state index in [2.05, 4.69) is 30.6 Å². The Morgan fingerprint density at radius 2 is 1.68 bits per heavy atom. The molecule has 6 nitrogen and oxygen atoms in total. The van der Waals surface area contributed by atoms with Crippen molar-refractivity contribution in [2.75, 3.05) is 18.7 Å². The predicted molar refractivity (Wildman–Crippen MR) is 148 cm³/mol. The third-order valence-corrected chi connectivity index (χ3v) is 7.06. The summed E-state index contributed by atoms with van der Waals surface area (Å²) in [6.07, 6.45) is 1.76. The SMILES string of the molecule is CCOC(=O)c1cccc(N(N=CC2=[N+](C)c3ccccc3C2(C)C)C(=O)C(C)(C)c2ccccc2)c1. The average Bonchev–Trinajstić information content (AvgIpc) is 3.10. The van der Waals surface area contributed by atoms with E-state index in [0.29, 0.717) is 11.3 Å². The molecule has 1 aliphatic heterocycles. The van der Waals surface area contributed by atoms with E-state index >= 15 is 0 Å². The Bertz CT molecular complexity index is 1390. The van der Waals surface area contributed by atoms with Crippen molar-refractivity contribution in [3.8, 4) is 0 Å². The van der Waals surface area contributed by atoms with Gasteiger partial charge in [0, 0.05) is 11.6 Å². The van der Waals surface area contributed by atoms with E-state index in [-0.39, 0.29) is 17.9 Å². The first-order valence-corrected chi connectivity index (χ1v) is 12.5. The first-order valence-electron chi connectivity index (χ1n) is 12.5. The van der Waals surface area contributed by atoms with Gasteiger partial charge in [-0.1, -0.05) is 54.6 Å². The Balaban J connectivity index is 1.80. The van der Waals surface area contributed by atoms with Crippen LogP contribution in [-0.2, 0) is 20.4 Å². The van der Waals surface area contributed by atoms with Gasteiger partial charge >= 0.3 is 5.97 Å². The molecule has 3 aromatic carbocycles. The summed E-state index contributed by atoms with van der Waals surface area (Å²) in [7, 11) is 2.01. The van der Waals surface area contributed by atoms with E-state index in [1.807, 2.05) is 63.4 Å². The maximum atomic E-state index is 14.1. The number of carbonyl (C=O) groups excluding carboxylic acids is 2. The second-order valence-corrected chi connectivity index (χ2v) is 10.2. The minimum absolute atomic E-state index is 0.215. The van der Waals surface area contributed by atoms with Gasteiger partial charge in [-0.2, -0.15) is 14.7 Å². The van der Waals surface area contributed by atoms with Crippen LogP contribution >= 0.6 is 0 Å². The standard InChI is InChI=1S/C31H34N3O3/c1-7-37-28(35)22-14-13-17-24(20-22)34(29(36)30(2,3)23-15-9-8-10-16-23)32-21-27-31(4,5)25-18-11-12-19-26(25)33(27)6/h8-21H,7H2,1-6H3/q+1. The van der Waals surface area contributed by atoms with Crippen LogP contribution in [-0.4, -0.2) is 42.0 Å². The number of benzene rings is 3. The van der Waals surface area contributed by atoms with Crippen LogP contribution in [0.25, 0.3) is 0 Å². The van der Waals surface area contributed by atoms with Crippen molar-refractivity contribution in [2.24, 2.45) is 5.10 Å². The third-order valence-electron chi connectivity index (χ3n) is 7.06. The highest BCUT2D eigenvalue weighted by molar-refractivity contribution is 6.34. The molecule has 1 amide bonds. The van der Waals surface area contributed by atoms with Crippen molar-refractivity contribution >= 4 is 35.2 Å². The number of carbonyl (C=O) groups is 2. The van der Waals surface area contributed by atoms with Crippen LogP contribution in [0, 0.1) is 0 Å². The van der Waals surface area contributed by atoms with E-state index in [1.165, 1.54) is 10.6 Å². The fourth-order valence-corrected chi connectivity index (χ4v) is 4.80. The van der Waals surface area contributed by atoms with Gasteiger partial charge in [0.05, 0.1) is 28.7 Å². The molecule has 0 atom stereocenters. The number of rotatable bonds is 7. The van der Waals surface area contributed by atoms with Gasteiger partial charge in [0.1, 0.15) is 13.3 Å². The van der Waals surface area contributed by atoms with Gasteiger partial charge in [-0.25, -0.2) is 4.79 Å². The van der Waals surface area contributed by atoms with Crippen LogP contribution in [0.2, 0.25) is 0 Å². The number of hydrogen-bond donors (Lipinski definition) is 0. The molecule has 1 heterocycles. The second kappa shape index (κ2) is 10.1. The summed E-state index contributed by atoms with van der Waals surface area (Å²) in [5, 5.41) is 6.17. The van der Waals surface area contributed by atoms with Crippen LogP contribution in [0.1, 0.15) is 56.1 Å². The molecule has 0 radical (unpaired) electrons. The zero-order valence-corrected chi connectivity index (χ0v) is 22.4. The molecule has 0 fully saturated rings. The number of anilines is 1. The lowest BCUT2D eigenvalue weighted by Gasteiger charge is -2.29. The number of para-hydroxylation sites is 1. The van der Waals surface area contributed by atoms with E-state index in [0.717, 1.165) is 17.0 Å². The Labute approximate surface area is 218 Å². The van der Waals surface area contributed by atoms with Crippen LogP contribution < -0.4 is 5.01 Å². The lowest BCUT2D eigenvalue weighted by molar-refractivity contribution is -0.400. The van der Waals surface area contributed by atoms with Gasteiger partial charge in [0.25, 0.3) is 5.91 Å². The van der Waals surface area contributed by atoms with E-state index in [1.54, 1.807) is 37.4 Å². The van der Waals surface area contributed by atoms with Crippen molar-refractivity contribution in [3.63, 3.8) is 0 Å². The van der Waals surface area contributed by atoms with Gasteiger partial charge in [-0.05, 0) is 58.4 Å². The molecule has 6 heteroatoms. The van der Waals surface area contributed by atoms with Crippen LogP contribution in [0.3, 0.4) is 0 Å². The Hall–Kier alpha value is -4.06. The Kier molecular flexibility index (Phi) is 7.12. The van der Waals surface area contributed by atoms with Gasteiger partial charge < -0.3 is 4.74 Å². The quantitative estimate of drug-likeness (QED) is 0.178. The number of fused-ring (bicyclic) bond motifs is 1. The molecule has 0 unspecified atom stereocenters. The fourth-order valence-electron chi connectivity index (χ4n) is 4.80. The Morgan fingerprint density at radius 1 is 1.00 bits per heavy atom. The zero-order valence-electron chi connectivity index (χ0n) is 22.4. The van der Waals surface area contributed by atoms with E-state index < -0.39 is 11.4 Å². The smallest absolute Gasteiger partial charge is 0.338 e. The number of amides is 1. The van der Waals surface area contributed by atoms with Crippen LogP contribution in [0.4, 0.5) is 11.4 Å². The molecule has 0 saturated carbocycles. The molecule has 0 spiro atoms. The van der Waals surface area contributed by atoms with Crippen molar-refractivity contribution < 1.29 is 18.9 Å². The molecule has 1 aliphatic rings. The monoisotopic (exact) mass is 496 g/mol. The van der Waals surface area contributed by atoms with Gasteiger partial charge in [-0.15, -0.1) is 0 Å². The lowest BCUT2D eigenvalue weighted by atomic mass is 9.82. The molecule has 0 aromatic heterocycles. The summed E-state index contributed by atoms with van der Waals surface area (Å²) in [6.45, 7) is 10.1. The molecule has 0 bridgehead atoms. The topological polar surface area (TPSA) is 62.0 Å². The minimum Gasteiger partial charge on any atom is -0.462 e. The molecule has 0 N–H and O–H groups in total. The molecule has 4 rings (SSSR count). The van der Waals surface area contributed by atoms with E-state index in [9.17, 15) is 9.59 Å². The largest absolute Gasteiger partial charge is 0.462 e. The van der Waals surface area contributed by atoms with Crippen molar-refractivity contribution in [3.05, 3.63) is 95.6 Å². The average molecular weight is 497 g/mol. The number of hydrazone groups is 1. The lowest BCUT2D eigenvalue weighted by Crippen LogP contribution is -2.42. The highest BCUT2D eigenvalue weighted by Crippen LogP contribution is 2.38. The molecule has 0 saturated heterocycles. The summed E-state index contributed by atoms with van der Waals surface area (Å²) in [5.74, 6) is -0.655. The summed E-state index contributed by atoms with van der Waals surface area (Å²) in [4.78, 5) is 26.6. The van der Waals surface area contributed by atoms with E-state index in [4.69, 9.17) is 9.84 Å². The van der Waals surface area contributed by atoms with Gasteiger partial charge in [0.2, 0.25) is 11.4 Å². The normalized spacial score (nSPS) is 14.5. The molecular weight excluding hydrogens is 462 g/mol. The predicted octanol–water partition coefficient (Wildman–Crippen LogP) is 5.87. The summed E-state index contributed by atoms with van der Waals surface area (Å²) in [6, 6.07) is 24.7. The molecule has 37 heavy (non-hydrogen) atoms. The van der Waals surface area contributed by atoms with Crippen molar-refractivity contribution in [1.82, 2.24) is 0 Å². The fraction of sp³-hybridized carbons (Fsp3) is 0.290. The van der Waals surface area contributed by atoms with Crippen molar-refractivity contribution in [2.45, 2.75) is 45.4 Å². The number of esters is 1. The van der Waals surface area contributed by atoms with Gasteiger partial charge in [0.15, 0.2) is 0 Å². The van der Waals surface area contributed by atoms with Crippen LogP contribution in [0.5, 0.6) is 0 Å². The highest BCUT2D eigenvalue weighted by Gasteiger charge is 2.43. The molecule has 190 valence electrons. The number of ether oxygens (including phenoxy) is 1. The number of hydrogen-bond acceptors (Lipinski definition) is 4. The third kappa shape index (κ3) is 4.84. The molecular formula is C31H34N3O3+. The van der Waals surface area contributed by atoms with Crippen LogP contribution in [0.15, 0.2) is 84.0 Å². The first-order chi connectivity index (χ1) is 17.6. The molecule has 3 aromatic rings. The highest BCUT2D eigenvalue weighted by atomic mass is 16.5. The molecule has 0 aliphatic carbocycles. The maximum Gasteiger partial charge on any atom is 0.338 e. The zero-order chi connectivity index (χ0) is 26.8. The second-order valence-electron chi connectivity index (χ2n) is 10.2. The minimum atomic E-state index is -0.872. The summed E-state index contributed by atoms with van der Waals surface area (Å²) in [5.41, 5.74) is 3.84. The first kappa shape index (κ1) is 26.0. The summed E-state index contributed by atoms with van der Waals surface area (Å²) >= 11 is 0. The number of nitrogens with zero attached hydrogens (tertiary/aromatic N) is 3. The van der Waals surface area contributed by atoms with Gasteiger partial charge in [-0.3, -0.25) is 4.79 Å².